The van der Waals surface area contributed by atoms with E-state index < -0.39 is 6.36 Å². The minimum absolute atomic E-state index is 0. The van der Waals surface area contributed by atoms with Crippen molar-refractivity contribution in [1.82, 2.24) is 4.90 Å². The van der Waals surface area contributed by atoms with Crippen molar-refractivity contribution in [3.05, 3.63) is 35.9 Å². The van der Waals surface area contributed by atoms with Crippen molar-refractivity contribution in [2.24, 2.45) is 5.73 Å². The Labute approximate surface area is 132 Å². The molecule has 1 unspecified atom stereocenters. The summed E-state index contributed by atoms with van der Waals surface area (Å²) in [5.41, 5.74) is 5.89. The van der Waals surface area contributed by atoms with Crippen LogP contribution in [0.15, 0.2) is 30.3 Å². The molecule has 0 saturated carbocycles. The van der Waals surface area contributed by atoms with Gasteiger partial charge in [-0.05, 0) is 18.6 Å². The first kappa shape index (κ1) is 18.3. The van der Waals surface area contributed by atoms with Gasteiger partial charge in [-0.25, -0.2) is 0 Å². The van der Waals surface area contributed by atoms with Crippen molar-refractivity contribution in [2.45, 2.75) is 18.8 Å². The largest absolute Gasteiger partial charge is 0.573 e. The molecular formula is C14H16ClF3N2O2. The van der Waals surface area contributed by atoms with E-state index in [0.29, 0.717) is 13.1 Å². The van der Waals surface area contributed by atoms with Crippen LogP contribution in [0.5, 0.6) is 5.75 Å². The highest BCUT2D eigenvalue weighted by Crippen LogP contribution is 2.27. The van der Waals surface area contributed by atoms with E-state index in [1.165, 1.54) is 30.4 Å². The fourth-order valence-electron chi connectivity index (χ4n) is 2.09. The highest BCUT2D eigenvalue weighted by Gasteiger charge is 2.31. The molecule has 0 aliphatic carbocycles. The molecule has 4 nitrogen and oxygen atoms in total. The third kappa shape index (κ3) is 5.23. The van der Waals surface area contributed by atoms with Crippen LogP contribution in [0.1, 0.15) is 12.0 Å². The Morgan fingerprint density at radius 3 is 2.64 bits per heavy atom. The number of amides is 1. The number of benzene rings is 1. The Kier molecular flexibility index (Phi) is 6.25. The van der Waals surface area contributed by atoms with Gasteiger partial charge in [-0.2, -0.15) is 0 Å². The van der Waals surface area contributed by atoms with Crippen molar-refractivity contribution >= 4 is 24.4 Å². The number of nitrogens with zero attached hydrogens (tertiary/aromatic N) is 1. The van der Waals surface area contributed by atoms with Gasteiger partial charge in [-0.15, -0.1) is 25.6 Å². The highest BCUT2D eigenvalue weighted by molar-refractivity contribution is 5.92. The number of carbonyl (C=O) groups is 1. The number of nitrogens with two attached hydrogens (primary N) is 1. The fraction of sp³-hybridized carbons (Fsp3) is 0.357. The highest BCUT2D eigenvalue weighted by atomic mass is 35.5. The number of carbonyl (C=O) groups excluding carboxylic acids is 1. The average Bonchev–Trinajstić information content (AvgIpc) is 2.82. The molecule has 0 spiro atoms. The molecule has 122 valence electrons. The van der Waals surface area contributed by atoms with Crippen molar-refractivity contribution in [2.75, 3.05) is 13.1 Å². The molecule has 0 aromatic heterocycles. The zero-order chi connectivity index (χ0) is 15.5. The van der Waals surface area contributed by atoms with Crippen LogP contribution in [-0.2, 0) is 4.79 Å². The van der Waals surface area contributed by atoms with E-state index in [1.807, 2.05) is 0 Å². The van der Waals surface area contributed by atoms with E-state index in [4.69, 9.17) is 5.73 Å². The Morgan fingerprint density at radius 1 is 1.36 bits per heavy atom. The molecule has 22 heavy (non-hydrogen) atoms. The SMILES string of the molecule is Cl.NC1CCN(C(=O)C=Cc2ccccc2OC(F)(F)F)C1. The van der Waals surface area contributed by atoms with Gasteiger partial charge in [-0.1, -0.05) is 18.2 Å². The molecule has 1 aliphatic heterocycles. The Balaban J connectivity index is 0.00000242. The van der Waals surface area contributed by atoms with E-state index in [9.17, 15) is 18.0 Å². The number of para-hydroxylation sites is 1. The molecule has 2 N–H and O–H groups in total. The van der Waals surface area contributed by atoms with Gasteiger partial charge < -0.3 is 15.4 Å². The second kappa shape index (κ2) is 7.51. The van der Waals surface area contributed by atoms with Gasteiger partial charge in [0, 0.05) is 30.8 Å². The molecule has 1 aromatic carbocycles. The summed E-state index contributed by atoms with van der Waals surface area (Å²) < 4.78 is 40.7. The minimum atomic E-state index is -4.77. The second-order valence-corrected chi connectivity index (χ2v) is 4.75. The van der Waals surface area contributed by atoms with Gasteiger partial charge >= 0.3 is 6.36 Å². The molecular weight excluding hydrogens is 321 g/mol. The van der Waals surface area contributed by atoms with Crippen molar-refractivity contribution < 1.29 is 22.7 Å². The molecule has 2 rings (SSSR count). The Bertz CT molecular complexity index is 549. The summed E-state index contributed by atoms with van der Waals surface area (Å²) in [6.07, 6.45) is -1.49. The molecule has 8 heteroatoms. The fourth-order valence-corrected chi connectivity index (χ4v) is 2.09. The van der Waals surface area contributed by atoms with Crippen LogP contribution >= 0.6 is 12.4 Å². The van der Waals surface area contributed by atoms with Crippen LogP contribution < -0.4 is 10.5 Å². The average molecular weight is 337 g/mol. The molecule has 1 aromatic rings. The third-order valence-corrected chi connectivity index (χ3v) is 3.09. The van der Waals surface area contributed by atoms with Crippen LogP contribution in [-0.4, -0.2) is 36.3 Å². The molecule has 1 fully saturated rings. The molecule has 0 radical (unpaired) electrons. The van der Waals surface area contributed by atoms with Gasteiger partial charge in [0.15, 0.2) is 0 Å². The molecule has 1 amide bonds. The lowest BCUT2D eigenvalue weighted by molar-refractivity contribution is -0.274. The standard InChI is InChI=1S/C14H15F3N2O2.ClH/c15-14(16,17)21-12-4-2-1-3-10(12)5-6-13(20)19-8-7-11(18)9-19;/h1-6,11H,7-9,18H2;1H. The van der Waals surface area contributed by atoms with Crippen molar-refractivity contribution in [3.63, 3.8) is 0 Å². The van der Waals surface area contributed by atoms with Gasteiger partial charge in [0.05, 0.1) is 0 Å². The van der Waals surface area contributed by atoms with Crippen LogP contribution in [0, 0.1) is 0 Å². The van der Waals surface area contributed by atoms with E-state index >= 15 is 0 Å². The summed E-state index contributed by atoms with van der Waals surface area (Å²) in [7, 11) is 0. The summed E-state index contributed by atoms with van der Waals surface area (Å²) in [5, 5.41) is 0. The van der Waals surface area contributed by atoms with Gasteiger partial charge in [0.2, 0.25) is 5.91 Å². The Hall–Kier alpha value is -1.73. The van der Waals surface area contributed by atoms with Gasteiger partial charge in [0.25, 0.3) is 0 Å². The summed E-state index contributed by atoms with van der Waals surface area (Å²) >= 11 is 0. The first-order valence-corrected chi connectivity index (χ1v) is 6.42. The summed E-state index contributed by atoms with van der Waals surface area (Å²) in [4.78, 5) is 13.4. The van der Waals surface area contributed by atoms with E-state index in [-0.39, 0.29) is 35.7 Å². The van der Waals surface area contributed by atoms with Crippen LogP contribution in [0.3, 0.4) is 0 Å². The number of ether oxygens (including phenoxy) is 1. The van der Waals surface area contributed by atoms with Gasteiger partial charge in [0.1, 0.15) is 5.75 Å². The number of hydrogen-bond donors (Lipinski definition) is 1. The van der Waals surface area contributed by atoms with E-state index in [1.54, 1.807) is 11.0 Å². The molecule has 1 heterocycles. The lowest BCUT2D eigenvalue weighted by Crippen LogP contribution is -2.30. The molecule has 1 aliphatic rings. The first-order chi connectivity index (χ1) is 9.85. The van der Waals surface area contributed by atoms with E-state index in [0.717, 1.165) is 6.42 Å². The van der Waals surface area contributed by atoms with Crippen LogP contribution in [0.4, 0.5) is 13.2 Å². The summed E-state index contributed by atoms with van der Waals surface area (Å²) in [6, 6.07) is 5.60. The van der Waals surface area contributed by atoms with Crippen LogP contribution in [0.2, 0.25) is 0 Å². The number of hydrogen-bond acceptors (Lipinski definition) is 3. The maximum atomic E-state index is 12.3. The first-order valence-electron chi connectivity index (χ1n) is 6.42. The topological polar surface area (TPSA) is 55.6 Å². The smallest absolute Gasteiger partial charge is 0.405 e. The molecule has 1 saturated heterocycles. The number of halogens is 4. The van der Waals surface area contributed by atoms with Crippen LogP contribution in [0.25, 0.3) is 6.08 Å². The predicted molar refractivity (Wildman–Crippen MR) is 78.6 cm³/mol. The summed E-state index contributed by atoms with van der Waals surface area (Å²) in [5.74, 6) is -0.614. The quantitative estimate of drug-likeness (QED) is 0.863. The maximum absolute atomic E-state index is 12.3. The zero-order valence-electron chi connectivity index (χ0n) is 11.5. The monoisotopic (exact) mass is 336 g/mol. The number of alkyl halides is 3. The molecule has 0 bridgehead atoms. The third-order valence-electron chi connectivity index (χ3n) is 3.09. The number of rotatable bonds is 3. The second-order valence-electron chi connectivity index (χ2n) is 4.75. The lowest BCUT2D eigenvalue weighted by Gasteiger charge is -2.13. The Morgan fingerprint density at radius 2 is 2.05 bits per heavy atom. The normalized spacial score (nSPS) is 18.4. The molecule has 1 atom stereocenters. The predicted octanol–water partition coefficient (Wildman–Crippen LogP) is 2.58. The summed E-state index contributed by atoms with van der Waals surface area (Å²) in [6.45, 7) is 1.02. The van der Waals surface area contributed by atoms with E-state index in [2.05, 4.69) is 4.74 Å². The van der Waals surface area contributed by atoms with Crippen molar-refractivity contribution in [1.29, 1.82) is 0 Å². The lowest BCUT2D eigenvalue weighted by atomic mass is 10.2. The maximum Gasteiger partial charge on any atom is 0.573 e. The van der Waals surface area contributed by atoms with Crippen molar-refractivity contribution in [3.8, 4) is 5.75 Å². The zero-order valence-corrected chi connectivity index (χ0v) is 12.4. The van der Waals surface area contributed by atoms with Gasteiger partial charge in [-0.3, -0.25) is 4.79 Å². The number of likely N-dealkylation sites (tertiary alicyclic amines) is 1. The minimum Gasteiger partial charge on any atom is -0.405 e.